The summed E-state index contributed by atoms with van der Waals surface area (Å²) in [5, 5.41) is 11.9. The number of aliphatic carboxylic acids is 1. The molecule has 2 atom stereocenters. The zero-order valence-electron chi connectivity index (χ0n) is 10.3. The van der Waals surface area contributed by atoms with E-state index in [4.69, 9.17) is 5.11 Å². The molecule has 0 aromatic carbocycles. The van der Waals surface area contributed by atoms with E-state index in [0.29, 0.717) is 6.04 Å². The van der Waals surface area contributed by atoms with Crippen molar-refractivity contribution in [2.75, 3.05) is 20.6 Å². The zero-order chi connectivity index (χ0) is 11.8. The van der Waals surface area contributed by atoms with Crippen molar-refractivity contribution < 1.29 is 9.90 Å². The van der Waals surface area contributed by atoms with Gasteiger partial charge in [-0.25, -0.2) is 0 Å². The van der Waals surface area contributed by atoms with Crippen LogP contribution in [-0.2, 0) is 4.79 Å². The van der Waals surface area contributed by atoms with Gasteiger partial charge in [-0.1, -0.05) is 13.8 Å². The number of nitrogens with zero attached hydrogens (tertiary/aromatic N) is 1. The van der Waals surface area contributed by atoms with Gasteiger partial charge in [0.1, 0.15) is 0 Å². The highest BCUT2D eigenvalue weighted by molar-refractivity contribution is 5.67. The second-order valence-corrected chi connectivity index (χ2v) is 4.00. The Hall–Kier alpha value is -0.610. The average molecular weight is 216 g/mol. The first-order valence-corrected chi connectivity index (χ1v) is 5.70. The van der Waals surface area contributed by atoms with Gasteiger partial charge in [-0.15, -0.1) is 0 Å². The van der Waals surface area contributed by atoms with E-state index < -0.39 is 5.97 Å². The minimum atomic E-state index is -0.706. The molecule has 90 valence electrons. The largest absolute Gasteiger partial charge is 0.481 e. The van der Waals surface area contributed by atoms with Crippen LogP contribution in [0.25, 0.3) is 0 Å². The van der Waals surface area contributed by atoms with Crippen molar-refractivity contribution >= 4 is 5.97 Å². The van der Waals surface area contributed by atoms with E-state index in [9.17, 15) is 4.79 Å². The molecule has 1 aliphatic rings. The normalized spacial score (nSPS) is 24.9. The number of carbonyl (C=O) groups is 1. The third kappa shape index (κ3) is 6.47. The zero-order valence-corrected chi connectivity index (χ0v) is 10.3. The minimum absolute atomic E-state index is 0.183. The number of rotatable bonds is 4. The predicted octanol–water partition coefficient (Wildman–Crippen LogP) is 1.17. The maximum atomic E-state index is 10.4. The fourth-order valence-corrected chi connectivity index (χ4v) is 1.86. The van der Waals surface area contributed by atoms with Crippen LogP contribution in [0.2, 0.25) is 0 Å². The smallest absolute Gasteiger partial charge is 0.304 e. The van der Waals surface area contributed by atoms with Crippen LogP contribution >= 0.6 is 0 Å². The van der Waals surface area contributed by atoms with Gasteiger partial charge in [0.05, 0.1) is 6.42 Å². The van der Waals surface area contributed by atoms with Crippen molar-refractivity contribution in [3.8, 4) is 0 Å². The minimum Gasteiger partial charge on any atom is -0.481 e. The van der Waals surface area contributed by atoms with Gasteiger partial charge in [0.15, 0.2) is 0 Å². The molecule has 2 N–H and O–H groups in total. The Morgan fingerprint density at radius 2 is 1.87 bits per heavy atom. The van der Waals surface area contributed by atoms with E-state index in [-0.39, 0.29) is 12.5 Å². The van der Waals surface area contributed by atoms with Crippen LogP contribution in [0.4, 0.5) is 0 Å². The molecule has 1 heterocycles. The molecule has 15 heavy (non-hydrogen) atoms. The molecule has 1 unspecified atom stereocenters. The topological polar surface area (TPSA) is 52.6 Å². The third-order valence-electron chi connectivity index (χ3n) is 2.34. The maximum absolute atomic E-state index is 10.4. The quantitative estimate of drug-likeness (QED) is 0.740. The van der Waals surface area contributed by atoms with Crippen molar-refractivity contribution in [1.82, 2.24) is 10.2 Å². The van der Waals surface area contributed by atoms with Gasteiger partial charge in [-0.05, 0) is 26.9 Å². The first kappa shape index (κ1) is 14.4. The molecular weight excluding hydrogens is 192 g/mol. The average Bonchev–Trinajstić information content (AvgIpc) is 2.54. The lowest BCUT2D eigenvalue weighted by molar-refractivity contribution is -0.137. The van der Waals surface area contributed by atoms with Gasteiger partial charge in [-0.3, -0.25) is 4.79 Å². The lowest BCUT2D eigenvalue weighted by atomic mass is 10.1. The Kier molecular flexibility index (Phi) is 7.34. The van der Waals surface area contributed by atoms with Gasteiger partial charge >= 0.3 is 5.97 Å². The maximum Gasteiger partial charge on any atom is 0.304 e. The lowest BCUT2D eigenvalue weighted by Crippen LogP contribution is -2.37. The Bertz CT molecular complexity index is 183. The highest BCUT2D eigenvalue weighted by Gasteiger charge is 2.25. The van der Waals surface area contributed by atoms with Gasteiger partial charge in [0.25, 0.3) is 0 Å². The van der Waals surface area contributed by atoms with Crippen molar-refractivity contribution in [1.29, 1.82) is 0 Å². The van der Waals surface area contributed by atoms with Crippen LogP contribution in [-0.4, -0.2) is 48.7 Å². The van der Waals surface area contributed by atoms with E-state index in [1.807, 2.05) is 27.9 Å². The Morgan fingerprint density at radius 1 is 1.33 bits per heavy atom. The fourth-order valence-electron chi connectivity index (χ4n) is 1.86. The molecule has 0 spiro atoms. The summed E-state index contributed by atoms with van der Waals surface area (Å²) in [6, 6.07) is 0.654. The highest BCUT2D eigenvalue weighted by Crippen LogP contribution is 2.15. The van der Waals surface area contributed by atoms with Crippen LogP contribution in [0.1, 0.15) is 33.1 Å². The highest BCUT2D eigenvalue weighted by atomic mass is 16.4. The van der Waals surface area contributed by atoms with E-state index >= 15 is 0 Å². The van der Waals surface area contributed by atoms with Gasteiger partial charge < -0.3 is 15.3 Å². The molecule has 4 nitrogen and oxygen atoms in total. The summed E-state index contributed by atoms with van der Waals surface area (Å²) >= 11 is 0. The fraction of sp³-hybridized carbons (Fsp3) is 0.909. The number of hydrogen-bond acceptors (Lipinski definition) is 3. The lowest BCUT2D eigenvalue weighted by Gasteiger charge is -2.17. The predicted molar refractivity (Wildman–Crippen MR) is 62.1 cm³/mol. The van der Waals surface area contributed by atoms with Gasteiger partial charge in [0.2, 0.25) is 0 Å². The molecule has 0 saturated carbocycles. The summed E-state index contributed by atoms with van der Waals surface area (Å²) in [6.45, 7) is 5.00. The van der Waals surface area contributed by atoms with Crippen molar-refractivity contribution in [3.05, 3.63) is 0 Å². The summed E-state index contributed by atoms with van der Waals surface area (Å²) in [5.41, 5.74) is 0. The molecule has 0 aromatic heterocycles. The molecule has 0 bridgehead atoms. The summed E-state index contributed by atoms with van der Waals surface area (Å²) in [7, 11) is 4.07. The second kappa shape index (κ2) is 7.65. The van der Waals surface area contributed by atoms with Crippen LogP contribution in [0.15, 0.2) is 0 Å². The molecular formula is C11H24N2O2. The number of carboxylic acids is 1. The van der Waals surface area contributed by atoms with E-state index in [0.717, 1.165) is 19.4 Å². The van der Waals surface area contributed by atoms with Gasteiger partial charge in [-0.2, -0.15) is 0 Å². The molecule has 1 rings (SSSR count). The van der Waals surface area contributed by atoms with Crippen molar-refractivity contribution in [3.63, 3.8) is 0 Å². The number of carboxylic acid groups (broad SMARTS) is 1. The second-order valence-electron chi connectivity index (χ2n) is 4.00. The summed E-state index contributed by atoms with van der Waals surface area (Å²) < 4.78 is 0. The Morgan fingerprint density at radius 3 is 2.33 bits per heavy atom. The van der Waals surface area contributed by atoms with Crippen LogP contribution in [0.5, 0.6) is 0 Å². The van der Waals surface area contributed by atoms with Crippen LogP contribution in [0.3, 0.4) is 0 Å². The molecule has 0 radical (unpaired) electrons. The Labute approximate surface area is 92.7 Å². The molecule has 1 aliphatic heterocycles. The molecule has 0 aromatic rings. The SMILES string of the molecule is CC.CN(C)C[C@@H]1CCC(CC(=O)O)N1. The van der Waals surface area contributed by atoms with Crippen LogP contribution in [0, 0.1) is 0 Å². The van der Waals surface area contributed by atoms with E-state index in [2.05, 4.69) is 10.2 Å². The number of hydrogen-bond donors (Lipinski definition) is 2. The number of likely N-dealkylation sites (N-methyl/N-ethyl adjacent to an activating group) is 1. The van der Waals surface area contributed by atoms with Crippen molar-refractivity contribution in [2.45, 2.75) is 45.2 Å². The summed E-state index contributed by atoms with van der Waals surface area (Å²) in [5.74, 6) is -0.706. The molecule has 0 aliphatic carbocycles. The number of nitrogens with one attached hydrogen (secondary N) is 1. The standard InChI is InChI=1S/C9H18N2O2.C2H6/c1-11(2)6-8-4-3-7(10-8)5-9(12)13;1-2/h7-8,10H,3-6H2,1-2H3,(H,12,13);1-2H3/t7?,8-;/m0./s1. The Balaban J connectivity index is 0.000000921. The molecule has 4 heteroatoms. The van der Waals surface area contributed by atoms with Crippen molar-refractivity contribution in [2.24, 2.45) is 0 Å². The third-order valence-corrected chi connectivity index (χ3v) is 2.34. The van der Waals surface area contributed by atoms with E-state index in [1.54, 1.807) is 0 Å². The van der Waals surface area contributed by atoms with Gasteiger partial charge in [0, 0.05) is 18.6 Å². The first-order chi connectivity index (χ1) is 7.08. The monoisotopic (exact) mass is 216 g/mol. The molecule has 1 saturated heterocycles. The molecule has 1 fully saturated rings. The molecule has 0 amide bonds. The van der Waals surface area contributed by atoms with E-state index in [1.165, 1.54) is 0 Å². The first-order valence-electron chi connectivity index (χ1n) is 5.70. The van der Waals surface area contributed by atoms with Crippen LogP contribution < -0.4 is 5.32 Å². The summed E-state index contributed by atoms with van der Waals surface area (Å²) in [4.78, 5) is 12.6. The summed E-state index contributed by atoms with van der Waals surface area (Å²) in [6.07, 6.45) is 2.34.